The zero-order valence-corrected chi connectivity index (χ0v) is 13.1. The molecular weight excluding hydrogens is 336 g/mol. The van der Waals surface area contributed by atoms with Crippen molar-refractivity contribution in [3.63, 3.8) is 0 Å². The van der Waals surface area contributed by atoms with Crippen molar-refractivity contribution in [2.24, 2.45) is 0 Å². The lowest BCUT2D eigenvalue weighted by Crippen LogP contribution is -2.09. The monoisotopic (exact) mass is 349 g/mol. The highest BCUT2D eigenvalue weighted by atomic mass is 19.1. The van der Waals surface area contributed by atoms with E-state index in [-0.39, 0.29) is 18.1 Å². The highest BCUT2D eigenvalue weighted by Crippen LogP contribution is 2.32. The van der Waals surface area contributed by atoms with Gasteiger partial charge >= 0.3 is 5.69 Å². The largest absolute Gasteiger partial charge is 0.497 e. The van der Waals surface area contributed by atoms with Crippen LogP contribution in [0.4, 0.5) is 14.5 Å². The van der Waals surface area contributed by atoms with Gasteiger partial charge in [-0.25, -0.2) is 8.78 Å². The Morgan fingerprint density at radius 2 is 1.92 bits per heavy atom. The fourth-order valence-electron chi connectivity index (χ4n) is 2.07. The van der Waals surface area contributed by atoms with E-state index in [0.717, 1.165) is 18.2 Å². The van der Waals surface area contributed by atoms with Crippen molar-refractivity contribution in [2.75, 3.05) is 13.7 Å². The van der Waals surface area contributed by atoms with Gasteiger partial charge in [-0.15, -0.1) is 0 Å². The average Bonchev–Trinajstić information content (AvgIpc) is 2.60. The quantitative estimate of drug-likeness (QED) is 0.330. The molecule has 130 valence electrons. The molecule has 2 aromatic rings. The van der Waals surface area contributed by atoms with Gasteiger partial charge in [0.15, 0.2) is 11.5 Å². The van der Waals surface area contributed by atoms with E-state index in [0.29, 0.717) is 6.07 Å². The molecule has 2 aromatic carbocycles. The zero-order valence-electron chi connectivity index (χ0n) is 13.1. The van der Waals surface area contributed by atoms with Crippen LogP contribution in [-0.4, -0.2) is 24.4 Å². The van der Waals surface area contributed by atoms with Crippen LogP contribution in [0.1, 0.15) is 15.9 Å². The summed E-state index contributed by atoms with van der Waals surface area (Å²) < 4.78 is 38.2. The van der Waals surface area contributed by atoms with Gasteiger partial charge < -0.3 is 9.47 Å². The smallest absolute Gasteiger partial charge is 0.313 e. The van der Waals surface area contributed by atoms with Crippen molar-refractivity contribution in [1.29, 1.82) is 0 Å². The maximum absolute atomic E-state index is 14.2. The molecular formula is C17H13F2NO5. The molecule has 8 heteroatoms. The van der Waals surface area contributed by atoms with Gasteiger partial charge in [-0.3, -0.25) is 14.9 Å². The second-order valence-corrected chi connectivity index (χ2v) is 4.83. The van der Waals surface area contributed by atoms with Gasteiger partial charge in [-0.05, 0) is 18.2 Å². The minimum atomic E-state index is -1.16. The fraction of sp³-hybridized carbons (Fsp3) is 0.118. The van der Waals surface area contributed by atoms with E-state index in [1.807, 2.05) is 0 Å². The number of hydrogen-bond acceptors (Lipinski definition) is 5. The van der Waals surface area contributed by atoms with Gasteiger partial charge in [-0.2, -0.15) is 0 Å². The SMILES string of the molecule is C=CCOc1cc(C(=O)c2cc(OC)ccc2F)c(F)cc1[N+](=O)[O-]. The molecule has 25 heavy (non-hydrogen) atoms. The zero-order chi connectivity index (χ0) is 18.6. The first-order valence-corrected chi connectivity index (χ1v) is 6.99. The molecule has 0 aliphatic heterocycles. The summed E-state index contributed by atoms with van der Waals surface area (Å²) >= 11 is 0. The fourth-order valence-corrected chi connectivity index (χ4v) is 2.07. The summed E-state index contributed by atoms with van der Waals surface area (Å²) in [5.74, 6) is -3.15. The Bertz CT molecular complexity index is 851. The van der Waals surface area contributed by atoms with Crippen LogP contribution in [0.3, 0.4) is 0 Å². The van der Waals surface area contributed by atoms with Gasteiger partial charge in [-0.1, -0.05) is 12.7 Å². The third kappa shape index (κ3) is 3.79. The van der Waals surface area contributed by atoms with Gasteiger partial charge in [0.05, 0.1) is 29.2 Å². The molecule has 0 N–H and O–H groups in total. The first kappa shape index (κ1) is 18.1. The predicted molar refractivity (Wildman–Crippen MR) is 85.1 cm³/mol. The lowest BCUT2D eigenvalue weighted by atomic mass is 10.0. The summed E-state index contributed by atoms with van der Waals surface area (Å²) in [5, 5.41) is 11.0. The minimum Gasteiger partial charge on any atom is -0.497 e. The van der Waals surface area contributed by atoms with Crippen molar-refractivity contribution in [3.05, 3.63) is 75.9 Å². The minimum absolute atomic E-state index is 0.0897. The number of benzene rings is 2. The summed E-state index contributed by atoms with van der Waals surface area (Å²) in [6.45, 7) is 3.31. The molecule has 2 rings (SSSR count). The van der Waals surface area contributed by atoms with Crippen molar-refractivity contribution < 1.29 is 28.0 Å². The number of methoxy groups -OCH3 is 1. The van der Waals surface area contributed by atoms with E-state index < -0.39 is 39.2 Å². The van der Waals surface area contributed by atoms with Gasteiger partial charge in [0.2, 0.25) is 0 Å². The maximum Gasteiger partial charge on any atom is 0.313 e. The number of nitro benzene ring substituents is 1. The molecule has 0 heterocycles. The molecule has 0 bridgehead atoms. The van der Waals surface area contributed by atoms with E-state index in [4.69, 9.17) is 9.47 Å². The lowest BCUT2D eigenvalue weighted by molar-refractivity contribution is -0.386. The van der Waals surface area contributed by atoms with Crippen molar-refractivity contribution >= 4 is 11.5 Å². The van der Waals surface area contributed by atoms with Crippen LogP contribution in [0, 0.1) is 21.7 Å². The van der Waals surface area contributed by atoms with Gasteiger partial charge in [0.25, 0.3) is 0 Å². The molecule has 0 aliphatic rings. The maximum atomic E-state index is 14.2. The van der Waals surface area contributed by atoms with Crippen LogP contribution in [0.25, 0.3) is 0 Å². The summed E-state index contributed by atoms with van der Waals surface area (Å²) in [7, 11) is 1.33. The van der Waals surface area contributed by atoms with Crippen LogP contribution in [0.2, 0.25) is 0 Å². The van der Waals surface area contributed by atoms with Crippen molar-refractivity contribution in [1.82, 2.24) is 0 Å². The normalized spacial score (nSPS) is 10.2. The number of nitro groups is 1. The summed E-state index contributed by atoms with van der Waals surface area (Å²) in [6, 6.07) is 4.85. The standard InChI is InChI=1S/C17H13F2NO5/c1-3-6-25-16-8-12(14(19)9-15(16)20(22)23)17(21)11-7-10(24-2)4-5-13(11)18/h3-5,7-9H,1,6H2,2H3. The third-order valence-electron chi connectivity index (χ3n) is 3.26. The molecule has 0 amide bonds. The number of carbonyl (C=O) groups is 1. The molecule has 0 unspecified atom stereocenters. The number of ketones is 1. The molecule has 0 aliphatic carbocycles. The Kier molecular flexibility index (Phi) is 5.43. The topological polar surface area (TPSA) is 78.7 Å². The molecule has 6 nitrogen and oxygen atoms in total. The molecule has 0 aromatic heterocycles. The molecule has 0 saturated carbocycles. The van der Waals surface area contributed by atoms with Crippen LogP contribution < -0.4 is 9.47 Å². The molecule has 0 radical (unpaired) electrons. The average molecular weight is 349 g/mol. The van der Waals surface area contributed by atoms with Crippen molar-refractivity contribution in [2.45, 2.75) is 0 Å². The summed E-state index contributed by atoms with van der Waals surface area (Å²) in [6.07, 6.45) is 1.33. The highest BCUT2D eigenvalue weighted by molar-refractivity contribution is 6.10. The van der Waals surface area contributed by atoms with Crippen LogP contribution in [0.15, 0.2) is 43.0 Å². The Hall–Kier alpha value is -3.29. The predicted octanol–water partition coefficient (Wildman–Crippen LogP) is 3.68. The van der Waals surface area contributed by atoms with E-state index in [1.165, 1.54) is 19.3 Å². The third-order valence-corrected chi connectivity index (χ3v) is 3.26. The van der Waals surface area contributed by atoms with E-state index in [1.54, 1.807) is 0 Å². The number of carbonyl (C=O) groups excluding carboxylic acids is 1. The second-order valence-electron chi connectivity index (χ2n) is 4.83. The van der Waals surface area contributed by atoms with Crippen LogP contribution in [-0.2, 0) is 0 Å². The summed E-state index contributed by atoms with van der Waals surface area (Å²) in [5.41, 5.74) is -1.64. The molecule has 0 saturated heterocycles. The second kappa shape index (κ2) is 7.52. The Morgan fingerprint density at radius 3 is 2.52 bits per heavy atom. The lowest BCUT2D eigenvalue weighted by Gasteiger charge is -2.09. The first-order chi connectivity index (χ1) is 11.9. The van der Waals surface area contributed by atoms with E-state index in [2.05, 4.69) is 6.58 Å². The van der Waals surface area contributed by atoms with Crippen LogP contribution >= 0.6 is 0 Å². The number of nitrogens with zero attached hydrogens (tertiary/aromatic N) is 1. The Morgan fingerprint density at radius 1 is 1.24 bits per heavy atom. The summed E-state index contributed by atoms with van der Waals surface area (Å²) in [4.78, 5) is 22.6. The van der Waals surface area contributed by atoms with Gasteiger partial charge in [0.1, 0.15) is 24.0 Å². The molecule has 0 spiro atoms. The van der Waals surface area contributed by atoms with E-state index >= 15 is 0 Å². The van der Waals surface area contributed by atoms with Crippen LogP contribution in [0.5, 0.6) is 11.5 Å². The number of hydrogen-bond donors (Lipinski definition) is 0. The number of ether oxygens (including phenoxy) is 2. The highest BCUT2D eigenvalue weighted by Gasteiger charge is 2.25. The van der Waals surface area contributed by atoms with Crippen molar-refractivity contribution in [3.8, 4) is 11.5 Å². The van der Waals surface area contributed by atoms with E-state index in [9.17, 15) is 23.7 Å². The molecule has 0 atom stereocenters. The number of halogens is 2. The Labute approximate surface area is 141 Å². The molecule has 0 fully saturated rings. The number of rotatable bonds is 7. The first-order valence-electron chi connectivity index (χ1n) is 6.99. The van der Waals surface area contributed by atoms with Gasteiger partial charge in [0, 0.05) is 6.07 Å². The Balaban J connectivity index is 2.56.